The fourth-order valence-corrected chi connectivity index (χ4v) is 5.55. The first kappa shape index (κ1) is 15.2. The molecule has 0 aliphatic carbocycles. The molecule has 1 atom stereocenters. The van der Waals surface area contributed by atoms with Gasteiger partial charge in [-0.2, -0.15) is 16.1 Å². The van der Waals surface area contributed by atoms with Crippen molar-refractivity contribution in [3.63, 3.8) is 0 Å². The summed E-state index contributed by atoms with van der Waals surface area (Å²) in [6.07, 6.45) is 0.908. The summed E-state index contributed by atoms with van der Waals surface area (Å²) >= 11 is 5.11. The van der Waals surface area contributed by atoms with E-state index in [2.05, 4.69) is 15.9 Å². The first-order valence-corrected chi connectivity index (χ1v) is 9.34. The topological polar surface area (TPSA) is 63.4 Å². The molecule has 0 saturated carbocycles. The van der Waals surface area contributed by atoms with Crippen LogP contribution >= 0.6 is 27.7 Å². The van der Waals surface area contributed by atoms with E-state index in [1.165, 1.54) is 10.4 Å². The number of hydrogen-bond acceptors (Lipinski definition) is 4. The van der Waals surface area contributed by atoms with Crippen LogP contribution in [0, 0.1) is 6.92 Å². The van der Waals surface area contributed by atoms with E-state index in [0.717, 1.165) is 22.4 Å². The Morgan fingerprint density at radius 3 is 2.74 bits per heavy atom. The van der Waals surface area contributed by atoms with Crippen LogP contribution in [0.3, 0.4) is 0 Å². The molecule has 0 amide bonds. The molecule has 1 aromatic carbocycles. The van der Waals surface area contributed by atoms with E-state index in [1.54, 1.807) is 31.8 Å². The molecular weight excluding hydrogens is 348 g/mol. The van der Waals surface area contributed by atoms with E-state index in [9.17, 15) is 8.42 Å². The number of thioether (sulfide) groups is 1. The number of rotatable bonds is 3. The summed E-state index contributed by atoms with van der Waals surface area (Å²) in [5.41, 5.74) is 6.96. The highest BCUT2D eigenvalue weighted by molar-refractivity contribution is 9.10. The lowest BCUT2D eigenvalue weighted by atomic mass is 10.2. The van der Waals surface area contributed by atoms with Crippen molar-refractivity contribution in [3.8, 4) is 0 Å². The zero-order valence-corrected chi connectivity index (χ0v) is 14.1. The number of nitrogens with two attached hydrogens (primary N) is 1. The number of hydrogen-bond donors (Lipinski definition) is 1. The summed E-state index contributed by atoms with van der Waals surface area (Å²) in [7, 11) is -1.82. The summed E-state index contributed by atoms with van der Waals surface area (Å²) in [5.74, 6) is 1.88. The Bertz CT molecular complexity index is 584. The van der Waals surface area contributed by atoms with Crippen LogP contribution in [0.15, 0.2) is 21.5 Å². The van der Waals surface area contributed by atoms with Crippen LogP contribution in [0.4, 0.5) is 5.69 Å². The molecule has 0 aromatic heterocycles. The van der Waals surface area contributed by atoms with Crippen LogP contribution in [-0.2, 0) is 10.0 Å². The SMILES string of the molecule is Cc1cc(Br)c(N)cc1S(=O)(=O)N(C)C1CCSC1. The predicted octanol–water partition coefficient (Wildman–Crippen LogP) is 2.47. The Balaban J connectivity index is 2.41. The number of benzene rings is 1. The van der Waals surface area contributed by atoms with Gasteiger partial charge in [-0.25, -0.2) is 8.42 Å². The monoisotopic (exact) mass is 364 g/mol. The molecule has 2 N–H and O–H groups in total. The standard InChI is InChI=1S/C12H17BrN2O2S2/c1-8-5-10(13)11(14)6-12(8)19(16,17)15(2)9-3-4-18-7-9/h5-6,9H,3-4,7,14H2,1-2H3. The van der Waals surface area contributed by atoms with Gasteiger partial charge in [-0.3, -0.25) is 0 Å². The Labute approximate surface area is 126 Å². The van der Waals surface area contributed by atoms with Crippen LogP contribution in [0.2, 0.25) is 0 Å². The van der Waals surface area contributed by atoms with Gasteiger partial charge in [0, 0.05) is 29.0 Å². The third-order valence-electron chi connectivity index (χ3n) is 3.37. The average molecular weight is 365 g/mol. The molecule has 7 heteroatoms. The zero-order chi connectivity index (χ0) is 14.2. The molecule has 4 nitrogen and oxygen atoms in total. The molecule has 1 aromatic rings. The van der Waals surface area contributed by atoms with Gasteiger partial charge in [-0.1, -0.05) is 0 Å². The van der Waals surface area contributed by atoms with Crippen molar-refractivity contribution in [2.45, 2.75) is 24.3 Å². The van der Waals surface area contributed by atoms with Crippen molar-refractivity contribution in [1.82, 2.24) is 4.31 Å². The number of sulfonamides is 1. The molecule has 106 valence electrons. The van der Waals surface area contributed by atoms with Crippen molar-refractivity contribution >= 4 is 43.4 Å². The second-order valence-corrected chi connectivity index (χ2v) is 8.65. The highest BCUT2D eigenvalue weighted by atomic mass is 79.9. The fourth-order valence-electron chi connectivity index (χ4n) is 2.11. The Morgan fingerprint density at radius 1 is 1.47 bits per heavy atom. The van der Waals surface area contributed by atoms with Crippen molar-refractivity contribution < 1.29 is 8.42 Å². The molecule has 1 aliphatic rings. The van der Waals surface area contributed by atoms with Gasteiger partial charge in [0.1, 0.15) is 0 Å². The molecule has 1 saturated heterocycles. The van der Waals surface area contributed by atoms with E-state index in [-0.39, 0.29) is 6.04 Å². The summed E-state index contributed by atoms with van der Waals surface area (Å²) < 4.78 is 27.5. The van der Waals surface area contributed by atoms with Crippen LogP contribution in [0.5, 0.6) is 0 Å². The summed E-state index contributed by atoms with van der Waals surface area (Å²) in [4.78, 5) is 0.299. The van der Waals surface area contributed by atoms with E-state index < -0.39 is 10.0 Å². The van der Waals surface area contributed by atoms with Gasteiger partial charge in [0.15, 0.2) is 0 Å². The van der Waals surface area contributed by atoms with Gasteiger partial charge in [0.25, 0.3) is 0 Å². The summed E-state index contributed by atoms with van der Waals surface area (Å²) in [6.45, 7) is 1.79. The molecule has 0 spiro atoms. The van der Waals surface area contributed by atoms with Gasteiger partial charge >= 0.3 is 0 Å². The second kappa shape index (κ2) is 5.63. The molecule has 1 fully saturated rings. The van der Waals surface area contributed by atoms with Gasteiger partial charge < -0.3 is 5.73 Å². The van der Waals surface area contributed by atoms with E-state index >= 15 is 0 Å². The maximum Gasteiger partial charge on any atom is 0.243 e. The molecule has 0 radical (unpaired) electrons. The molecule has 1 unspecified atom stereocenters. The maximum atomic E-state index is 12.6. The average Bonchev–Trinajstić information content (AvgIpc) is 2.86. The molecule has 2 rings (SSSR count). The molecular formula is C12H17BrN2O2S2. The quantitative estimate of drug-likeness (QED) is 0.836. The van der Waals surface area contributed by atoms with Gasteiger partial charge in [0.05, 0.1) is 4.90 Å². The second-order valence-electron chi connectivity index (χ2n) is 4.68. The number of aryl methyl sites for hydroxylation is 1. The first-order chi connectivity index (χ1) is 8.84. The Kier molecular flexibility index (Phi) is 4.49. The van der Waals surface area contributed by atoms with Crippen LogP contribution in [0.25, 0.3) is 0 Å². The smallest absolute Gasteiger partial charge is 0.243 e. The fraction of sp³-hybridized carbons (Fsp3) is 0.500. The van der Waals surface area contributed by atoms with E-state index in [1.807, 2.05) is 0 Å². The minimum absolute atomic E-state index is 0.0827. The van der Waals surface area contributed by atoms with Gasteiger partial charge in [-0.15, -0.1) is 0 Å². The number of nitrogen functional groups attached to an aromatic ring is 1. The largest absolute Gasteiger partial charge is 0.398 e. The zero-order valence-electron chi connectivity index (χ0n) is 10.9. The van der Waals surface area contributed by atoms with Gasteiger partial charge in [0.2, 0.25) is 10.0 Å². The molecule has 1 heterocycles. The number of nitrogens with zero attached hydrogens (tertiary/aromatic N) is 1. The lowest BCUT2D eigenvalue weighted by molar-refractivity contribution is 0.394. The molecule has 1 aliphatic heterocycles. The lowest BCUT2D eigenvalue weighted by Crippen LogP contribution is -2.37. The normalized spacial score (nSPS) is 20.1. The lowest BCUT2D eigenvalue weighted by Gasteiger charge is -2.24. The van der Waals surface area contributed by atoms with Crippen molar-refractivity contribution in [2.75, 3.05) is 24.3 Å². The first-order valence-electron chi connectivity index (χ1n) is 5.95. The number of halogens is 1. The van der Waals surface area contributed by atoms with Crippen molar-refractivity contribution in [2.24, 2.45) is 0 Å². The number of anilines is 1. The van der Waals surface area contributed by atoms with Crippen LogP contribution < -0.4 is 5.73 Å². The van der Waals surface area contributed by atoms with Crippen molar-refractivity contribution in [1.29, 1.82) is 0 Å². The van der Waals surface area contributed by atoms with Crippen LogP contribution in [-0.4, -0.2) is 37.3 Å². The Morgan fingerprint density at radius 2 is 2.16 bits per heavy atom. The summed E-state index contributed by atoms with van der Waals surface area (Å²) in [6, 6.07) is 3.37. The third kappa shape index (κ3) is 2.94. The van der Waals surface area contributed by atoms with E-state index in [0.29, 0.717) is 16.1 Å². The van der Waals surface area contributed by atoms with E-state index in [4.69, 9.17) is 5.73 Å². The molecule has 19 heavy (non-hydrogen) atoms. The maximum absolute atomic E-state index is 12.6. The summed E-state index contributed by atoms with van der Waals surface area (Å²) in [5, 5.41) is 0. The minimum Gasteiger partial charge on any atom is -0.398 e. The third-order valence-corrected chi connectivity index (χ3v) is 7.25. The van der Waals surface area contributed by atoms with Crippen molar-refractivity contribution in [3.05, 3.63) is 22.2 Å². The Hall–Kier alpha value is -0.240. The minimum atomic E-state index is -3.47. The van der Waals surface area contributed by atoms with Crippen LogP contribution in [0.1, 0.15) is 12.0 Å². The predicted molar refractivity (Wildman–Crippen MR) is 84.0 cm³/mol. The van der Waals surface area contributed by atoms with Gasteiger partial charge in [-0.05, 0) is 52.7 Å². The highest BCUT2D eigenvalue weighted by Gasteiger charge is 2.31. The highest BCUT2D eigenvalue weighted by Crippen LogP contribution is 2.31. The molecule has 0 bridgehead atoms.